The van der Waals surface area contributed by atoms with E-state index in [4.69, 9.17) is 9.47 Å². The predicted molar refractivity (Wildman–Crippen MR) is 54.7 cm³/mol. The summed E-state index contributed by atoms with van der Waals surface area (Å²) in [5.41, 5.74) is -0.786. The zero-order chi connectivity index (χ0) is 13.4. The molecule has 7 heteroatoms. The Kier molecular flexibility index (Phi) is 4.11. The minimum atomic E-state index is -1.74. The van der Waals surface area contributed by atoms with E-state index in [2.05, 4.69) is 0 Å². The van der Waals surface area contributed by atoms with Crippen LogP contribution in [-0.4, -0.2) is 62.7 Å². The summed E-state index contributed by atoms with van der Waals surface area (Å²) in [6.07, 6.45) is -8.25. The number of carbonyl (C=O) groups excluding carboxylic acids is 1. The van der Waals surface area contributed by atoms with Crippen LogP contribution in [0.25, 0.3) is 0 Å². The molecule has 0 aromatic carbocycles. The molecule has 0 aromatic rings. The van der Waals surface area contributed by atoms with Crippen LogP contribution in [0.15, 0.2) is 0 Å². The highest BCUT2D eigenvalue weighted by molar-refractivity contribution is 5.76. The van der Waals surface area contributed by atoms with E-state index in [0.29, 0.717) is 0 Å². The number of esters is 1. The summed E-state index contributed by atoms with van der Waals surface area (Å²) in [7, 11) is 0. The third kappa shape index (κ3) is 3.36. The van der Waals surface area contributed by atoms with Gasteiger partial charge in [0.05, 0.1) is 0 Å². The van der Waals surface area contributed by atoms with Gasteiger partial charge >= 0.3 is 5.97 Å². The molecule has 0 unspecified atom stereocenters. The number of aliphatic hydroxyl groups excluding tert-OH is 4. The van der Waals surface area contributed by atoms with Gasteiger partial charge in [-0.2, -0.15) is 0 Å². The van der Waals surface area contributed by atoms with Crippen molar-refractivity contribution < 1.29 is 34.7 Å². The molecule has 1 rings (SSSR count). The Bertz CT molecular complexity index is 285. The molecule has 0 spiro atoms. The molecular weight excluding hydrogens is 232 g/mol. The molecule has 0 aromatic heterocycles. The van der Waals surface area contributed by atoms with Gasteiger partial charge < -0.3 is 29.9 Å². The average molecular weight is 250 g/mol. The lowest BCUT2D eigenvalue weighted by molar-refractivity contribution is -0.283. The van der Waals surface area contributed by atoms with E-state index < -0.39 is 42.3 Å². The molecule has 7 nitrogen and oxygen atoms in total. The molecule has 1 aliphatic heterocycles. The molecule has 1 fully saturated rings. The van der Waals surface area contributed by atoms with Gasteiger partial charge in [-0.15, -0.1) is 0 Å². The van der Waals surface area contributed by atoms with E-state index in [0.717, 1.165) is 0 Å². The monoisotopic (exact) mass is 250 g/mol. The quantitative estimate of drug-likeness (QED) is 0.403. The minimum Gasteiger partial charge on any atom is -0.458 e. The number of ether oxygens (including phenoxy) is 2. The fourth-order valence-corrected chi connectivity index (χ4v) is 1.42. The average Bonchev–Trinajstić information content (AvgIpc) is 2.17. The van der Waals surface area contributed by atoms with Crippen molar-refractivity contribution in [1.29, 1.82) is 0 Å². The molecule has 1 saturated heterocycles. The van der Waals surface area contributed by atoms with Gasteiger partial charge in [-0.25, -0.2) is 4.79 Å². The van der Waals surface area contributed by atoms with E-state index in [1.807, 2.05) is 0 Å². The Labute approximate surface area is 98.6 Å². The maximum atomic E-state index is 11.6. The van der Waals surface area contributed by atoms with Crippen LogP contribution in [-0.2, 0) is 14.3 Å². The highest BCUT2D eigenvalue weighted by atomic mass is 16.7. The molecule has 1 aliphatic rings. The predicted octanol–water partition coefficient (Wildman–Crippen LogP) is -1.87. The van der Waals surface area contributed by atoms with Gasteiger partial charge in [0.25, 0.3) is 0 Å². The Morgan fingerprint density at radius 2 is 1.59 bits per heavy atom. The van der Waals surface area contributed by atoms with E-state index in [9.17, 15) is 25.2 Å². The van der Waals surface area contributed by atoms with Crippen LogP contribution in [0.1, 0.15) is 20.8 Å². The standard InChI is InChI=1S/C10H18O7/c1-10(2,3)17-9(15)7-5(12)4(11)6(13)8(14)16-7/h4-8,11-14H,1-3H3/t4-,5-,6+,7-,8+/m0/s1. The van der Waals surface area contributed by atoms with Crippen molar-refractivity contribution in [3.05, 3.63) is 0 Å². The Morgan fingerprint density at radius 1 is 1.06 bits per heavy atom. The number of hydrogen-bond acceptors (Lipinski definition) is 7. The Morgan fingerprint density at radius 3 is 2.06 bits per heavy atom. The van der Waals surface area contributed by atoms with Gasteiger partial charge in [0.1, 0.15) is 23.9 Å². The summed E-state index contributed by atoms with van der Waals surface area (Å²) in [5.74, 6) is -0.907. The van der Waals surface area contributed by atoms with Crippen LogP contribution >= 0.6 is 0 Å². The van der Waals surface area contributed by atoms with Crippen molar-refractivity contribution in [2.45, 2.75) is 57.1 Å². The SMILES string of the molecule is CC(C)(C)OC(=O)[C@H]1O[C@@H](O)[C@H](O)[C@@H](O)[C@@H]1O. The highest BCUT2D eigenvalue weighted by Gasteiger charge is 2.47. The van der Waals surface area contributed by atoms with Crippen LogP contribution in [0, 0.1) is 0 Å². The van der Waals surface area contributed by atoms with Crippen molar-refractivity contribution >= 4 is 5.97 Å². The molecule has 0 amide bonds. The van der Waals surface area contributed by atoms with E-state index in [1.54, 1.807) is 20.8 Å². The van der Waals surface area contributed by atoms with Gasteiger partial charge in [-0.05, 0) is 20.8 Å². The molecule has 0 radical (unpaired) electrons. The first-order valence-electron chi connectivity index (χ1n) is 5.24. The second-order valence-corrected chi connectivity index (χ2v) is 4.95. The van der Waals surface area contributed by atoms with Gasteiger partial charge in [0.2, 0.25) is 0 Å². The zero-order valence-corrected chi connectivity index (χ0v) is 9.90. The van der Waals surface area contributed by atoms with Crippen LogP contribution in [0.2, 0.25) is 0 Å². The van der Waals surface area contributed by atoms with E-state index in [1.165, 1.54) is 0 Å². The smallest absolute Gasteiger partial charge is 0.338 e. The van der Waals surface area contributed by atoms with Crippen molar-refractivity contribution in [2.24, 2.45) is 0 Å². The lowest BCUT2D eigenvalue weighted by atomic mass is 9.99. The maximum absolute atomic E-state index is 11.6. The second-order valence-electron chi connectivity index (χ2n) is 4.95. The summed E-state index contributed by atoms with van der Waals surface area (Å²) >= 11 is 0. The molecule has 5 atom stereocenters. The van der Waals surface area contributed by atoms with Crippen LogP contribution in [0.4, 0.5) is 0 Å². The highest BCUT2D eigenvalue weighted by Crippen LogP contribution is 2.22. The number of hydrogen-bond donors (Lipinski definition) is 4. The first-order chi connectivity index (χ1) is 7.63. The topological polar surface area (TPSA) is 116 Å². The van der Waals surface area contributed by atoms with E-state index >= 15 is 0 Å². The van der Waals surface area contributed by atoms with Crippen LogP contribution < -0.4 is 0 Å². The molecule has 0 aliphatic carbocycles. The first kappa shape index (κ1) is 14.3. The Hall–Kier alpha value is -0.730. The molecule has 1 heterocycles. The summed E-state index contributed by atoms with van der Waals surface area (Å²) in [4.78, 5) is 11.6. The van der Waals surface area contributed by atoms with Crippen molar-refractivity contribution in [1.82, 2.24) is 0 Å². The normalized spacial score (nSPS) is 38.9. The molecule has 4 N–H and O–H groups in total. The largest absolute Gasteiger partial charge is 0.458 e. The summed E-state index contributed by atoms with van der Waals surface area (Å²) in [6.45, 7) is 4.88. The van der Waals surface area contributed by atoms with Gasteiger partial charge in [0, 0.05) is 0 Å². The summed E-state index contributed by atoms with van der Waals surface area (Å²) in [6, 6.07) is 0. The number of carbonyl (C=O) groups is 1. The zero-order valence-electron chi connectivity index (χ0n) is 9.90. The van der Waals surface area contributed by atoms with Crippen LogP contribution in [0.5, 0.6) is 0 Å². The fourth-order valence-electron chi connectivity index (χ4n) is 1.42. The minimum absolute atomic E-state index is 0.786. The molecule has 0 bridgehead atoms. The molecule has 0 saturated carbocycles. The lowest BCUT2D eigenvalue weighted by Gasteiger charge is -2.37. The summed E-state index contributed by atoms with van der Waals surface area (Å²) < 4.78 is 9.66. The first-order valence-corrected chi connectivity index (χ1v) is 5.24. The second kappa shape index (κ2) is 4.87. The van der Waals surface area contributed by atoms with Crippen molar-refractivity contribution in [2.75, 3.05) is 0 Å². The molecular formula is C10H18O7. The van der Waals surface area contributed by atoms with Gasteiger partial charge in [0.15, 0.2) is 12.4 Å². The number of rotatable bonds is 1. The number of aliphatic hydroxyl groups is 4. The van der Waals surface area contributed by atoms with Crippen molar-refractivity contribution in [3.63, 3.8) is 0 Å². The van der Waals surface area contributed by atoms with Gasteiger partial charge in [-0.3, -0.25) is 0 Å². The lowest BCUT2D eigenvalue weighted by Crippen LogP contribution is -2.60. The Balaban J connectivity index is 2.74. The van der Waals surface area contributed by atoms with Gasteiger partial charge in [-0.1, -0.05) is 0 Å². The maximum Gasteiger partial charge on any atom is 0.338 e. The van der Waals surface area contributed by atoms with Crippen molar-refractivity contribution in [3.8, 4) is 0 Å². The molecule has 17 heavy (non-hydrogen) atoms. The third-order valence-corrected chi connectivity index (χ3v) is 2.23. The van der Waals surface area contributed by atoms with Crippen LogP contribution in [0.3, 0.4) is 0 Å². The molecule has 100 valence electrons. The summed E-state index contributed by atoms with van der Waals surface area (Å²) in [5, 5.41) is 37.4. The van der Waals surface area contributed by atoms with E-state index in [-0.39, 0.29) is 0 Å². The third-order valence-electron chi connectivity index (χ3n) is 2.23. The fraction of sp³-hybridized carbons (Fsp3) is 0.900.